The second kappa shape index (κ2) is 4.06. The standard InChI is InChI=1S/C9H11NO4/c1-6(11)4-7-2-3-8(10(13)14)9(12)5-7/h2-3,5-6,11-12H,4H2,1H3/t6-/m0/s1. The Balaban J connectivity index is 2.94. The van der Waals surface area contributed by atoms with Crippen LogP contribution in [-0.4, -0.2) is 21.2 Å². The molecule has 1 atom stereocenters. The molecule has 0 fully saturated rings. The Bertz CT molecular complexity index is 349. The fourth-order valence-electron chi connectivity index (χ4n) is 1.19. The van der Waals surface area contributed by atoms with E-state index >= 15 is 0 Å². The van der Waals surface area contributed by atoms with Crippen molar-refractivity contribution in [3.05, 3.63) is 33.9 Å². The first-order chi connectivity index (χ1) is 6.50. The molecule has 0 saturated heterocycles. The second-order valence-electron chi connectivity index (χ2n) is 3.13. The van der Waals surface area contributed by atoms with E-state index in [9.17, 15) is 15.2 Å². The number of aliphatic hydroxyl groups is 1. The minimum Gasteiger partial charge on any atom is -0.502 e. The van der Waals surface area contributed by atoms with Crippen LogP contribution in [0.1, 0.15) is 12.5 Å². The van der Waals surface area contributed by atoms with Gasteiger partial charge in [-0.2, -0.15) is 0 Å². The van der Waals surface area contributed by atoms with E-state index in [1.54, 1.807) is 6.92 Å². The minimum atomic E-state index is -0.651. The number of phenols is 1. The van der Waals surface area contributed by atoms with Crippen molar-refractivity contribution in [2.75, 3.05) is 0 Å². The molecule has 1 aromatic rings. The van der Waals surface area contributed by atoms with E-state index in [4.69, 9.17) is 5.11 Å². The van der Waals surface area contributed by atoms with Gasteiger partial charge in [0.2, 0.25) is 0 Å². The smallest absolute Gasteiger partial charge is 0.310 e. The van der Waals surface area contributed by atoms with Gasteiger partial charge in [0.1, 0.15) is 0 Å². The van der Waals surface area contributed by atoms with Crippen molar-refractivity contribution in [3.63, 3.8) is 0 Å². The first-order valence-electron chi connectivity index (χ1n) is 4.15. The van der Waals surface area contributed by atoms with E-state index in [2.05, 4.69) is 0 Å². The van der Waals surface area contributed by atoms with Gasteiger partial charge in [0.25, 0.3) is 0 Å². The summed E-state index contributed by atoms with van der Waals surface area (Å²) in [6.45, 7) is 1.61. The van der Waals surface area contributed by atoms with Crippen molar-refractivity contribution < 1.29 is 15.1 Å². The molecule has 0 bridgehead atoms. The van der Waals surface area contributed by atoms with Crippen molar-refractivity contribution in [1.82, 2.24) is 0 Å². The third kappa shape index (κ3) is 2.43. The summed E-state index contributed by atoms with van der Waals surface area (Å²) in [6.07, 6.45) is -0.165. The zero-order valence-corrected chi connectivity index (χ0v) is 7.67. The van der Waals surface area contributed by atoms with Crippen molar-refractivity contribution in [1.29, 1.82) is 0 Å². The number of hydrogen-bond acceptors (Lipinski definition) is 4. The molecule has 0 aliphatic rings. The van der Waals surface area contributed by atoms with Gasteiger partial charge in [-0.05, 0) is 25.0 Å². The third-order valence-electron chi connectivity index (χ3n) is 1.77. The predicted molar refractivity (Wildman–Crippen MR) is 50.1 cm³/mol. The lowest BCUT2D eigenvalue weighted by atomic mass is 10.1. The maximum Gasteiger partial charge on any atom is 0.310 e. The van der Waals surface area contributed by atoms with Gasteiger partial charge in [0, 0.05) is 6.07 Å². The lowest BCUT2D eigenvalue weighted by molar-refractivity contribution is -0.385. The van der Waals surface area contributed by atoms with Gasteiger partial charge >= 0.3 is 5.69 Å². The van der Waals surface area contributed by atoms with Crippen molar-refractivity contribution in [3.8, 4) is 5.75 Å². The number of rotatable bonds is 3. The predicted octanol–water partition coefficient (Wildman–Crippen LogP) is 1.22. The van der Waals surface area contributed by atoms with E-state index in [-0.39, 0.29) is 11.4 Å². The van der Waals surface area contributed by atoms with Crippen LogP contribution in [0.2, 0.25) is 0 Å². The van der Waals surface area contributed by atoms with Gasteiger partial charge in [-0.15, -0.1) is 0 Å². The molecule has 14 heavy (non-hydrogen) atoms. The molecule has 5 heteroatoms. The van der Waals surface area contributed by atoms with Crippen molar-refractivity contribution >= 4 is 5.69 Å². The minimum absolute atomic E-state index is 0.320. The lowest BCUT2D eigenvalue weighted by Gasteiger charge is -2.04. The van der Waals surface area contributed by atoms with Crippen LogP contribution in [0.15, 0.2) is 18.2 Å². The summed E-state index contributed by atoms with van der Waals surface area (Å²) in [6, 6.07) is 4.04. The summed E-state index contributed by atoms with van der Waals surface area (Å²) in [5.74, 6) is -0.367. The van der Waals surface area contributed by atoms with E-state index in [1.165, 1.54) is 18.2 Å². The van der Waals surface area contributed by atoms with Crippen LogP contribution >= 0.6 is 0 Å². The zero-order valence-electron chi connectivity index (χ0n) is 7.67. The molecule has 0 unspecified atom stereocenters. The molecule has 2 N–H and O–H groups in total. The van der Waals surface area contributed by atoms with E-state index in [0.717, 1.165) is 0 Å². The number of nitro benzene ring substituents is 1. The molecule has 5 nitrogen and oxygen atoms in total. The van der Waals surface area contributed by atoms with E-state index < -0.39 is 11.0 Å². The SMILES string of the molecule is C[C@H](O)Cc1ccc([N+](=O)[O-])c(O)c1. The number of nitro groups is 1. The first-order valence-corrected chi connectivity index (χ1v) is 4.15. The molecule has 1 rings (SSSR count). The Morgan fingerprint density at radius 2 is 2.21 bits per heavy atom. The largest absolute Gasteiger partial charge is 0.502 e. The molecule has 0 aromatic heterocycles. The van der Waals surface area contributed by atoms with Gasteiger partial charge < -0.3 is 10.2 Å². The number of benzene rings is 1. The molecular weight excluding hydrogens is 186 g/mol. The number of aromatic hydroxyl groups is 1. The summed E-state index contributed by atoms with van der Waals surface area (Å²) >= 11 is 0. The normalized spacial score (nSPS) is 12.4. The molecule has 0 heterocycles. The summed E-state index contributed by atoms with van der Waals surface area (Å²) < 4.78 is 0. The second-order valence-corrected chi connectivity index (χ2v) is 3.13. The molecule has 0 spiro atoms. The Morgan fingerprint density at radius 1 is 1.57 bits per heavy atom. The van der Waals surface area contributed by atoms with Gasteiger partial charge in [-0.3, -0.25) is 10.1 Å². The maximum atomic E-state index is 10.4. The molecule has 0 saturated carbocycles. The summed E-state index contributed by atoms with van der Waals surface area (Å²) in [7, 11) is 0. The van der Waals surface area contributed by atoms with Crippen LogP contribution in [0.3, 0.4) is 0 Å². The van der Waals surface area contributed by atoms with Crippen LogP contribution in [0.5, 0.6) is 5.75 Å². The molecule has 0 aliphatic carbocycles. The number of phenolic OH excluding ortho intramolecular Hbond substituents is 1. The summed E-state index contributed by atoms with van der Waals surface area (Å²) in [4.78, 5) is 9.70. The maximum absolute atomic E-state index is 10.4. The fraction of sp³-hybridized carbons (Fsp3) is 0.333. The summed E-state index contributed by atoms with van der Waals surface area (Å²) in [5.41, 5.74) is 0.349. The van der Waals surface area contributed by atoms with Gasteiger partial charge in [0.05, 0.1) is 11.0 Å². The van der Waals surface area contributed by atoms with Gasteiger partial charge in [-0.1, -0.05) is 6.07 Å². The van der Waals surface area contributed by atoms with Crippen LogP contribution in [0, 0.1) is 10.1 Å². The first kappa shape index (κ1) is 10.5. The highest BCUT2D eigenvalue weighted by Gasteiger charge is 2.13. The Labute approximate surface area is 80.8 Å². The van der Waals surface area contributed by atoms with Crippen LogP contribution < -0.4 is 0 Å². The number of nitrogens with zero attached hydrogens (tertiary/aromatic N) is 1. The average molecular weight is 197 g/mol. The highest BCUT2D eigenvalue weighted by Crippen LogP contribution is 2.26. The Morgan fingerprint density at radius 3 is 2.64 bits per heavy atom. The molecule has 0 aliphatic heterocycles. The van der Waals surface area contributed by atoms with Gasteiger partial charge in [0.15, 0.2) is 5.75 Å². The molecule has 76 valence electrons. The van der Waals surface area contributed by atoms with Crippen LogP contribution in [-0.2, 0) is 6.42 Å². The number of aliphatic hydroxyl groups excluding tert-OH is 1. The summed E-state index contributed by atoms with van der Waals surface area (Å²) in [5, 5.41) is 28.7. The topological polar surface area (TPSA) is 83.6 Å². The molecule has 0 radical (unpaired) electrons. The van der Waals surface area contributed by atoms with Crippen LogP contribution in [0.25, 0.3) is 0 Å². The lowest BCUT2D eigenvalue weighted by Crippen LogP contribution is -2.04. The fourth-order valence-corrected chi connectivity index (χ4v) is 1.19. The Kier molecular flexibility index (Phi) is 3.03. The monoisotopic (exact) mass is 197 g/mol. The Hall–Kier alpha value is -1.62. The van der Waals surface area contributed by atoms with E-state index in [0.29, 0.717) is 12.0 Å². The van der Waals surface area contributed by atoms with Crippen LogP contribution in [0.4, 0.5) is 5.69 Å². The highest BCUT2D eigenvalue weighted by atomic mass is 16.6. The number of hydrogen-bond donors (Lipinski definition) is 2. The molecule has 0 amide bonds. The third-order valence-corrected chi connectivity index (χ3v) is 1.77. The van der Waals surface area contributed by atoms with Crippen molar-refractivity contribution in [2.45, 2.75) is 19.4 Å². The molecule has 1 aromatic carbocycles. The van der Waals surface area contributed by atoms with Gasteiger partial charge in [-0.25, -0.2) is 0 Å². The van der Waals surface area contributed by atoms with Crippen molar-refractivity contribution in [2.24, 2.45) is 0 Å². The zero-order chi connectivity index (χ0) is 10.7. The molecular formula is C9H11NO4. The van der Waals surface area contributed by atoms with E-state index in [1.807, 2.05) is 0 Å². The highest BCUT2D eigenvalue weighted by molar-refractivity contribution is 5.47. The average Bonchev–Trinajstić information content (AvgIpc) is 2.01. The quantitative estimate of drug-likeness (QED) is 0.563.